The molecular weight excluding hydrogens is 309 g/mol. The summed E-state index contributed by atoms with van der Waals surface area (Å²) < 4.78 is 65.7. The minimum absolute atomic E-state index is 0.0247. The van der Waals surface area contributed by atoms with Crippen molar-refractivity contribution in [2.45, 2.75) is 6.18 Å². The largest absolute Gasteiger partial charge is 0.451 e. The van der Waals surface area contributed by atoms with E-state index in [2.05, 4.69) is 15.1 Å². The molecule has 2 heterocycles. The van der Waals surface area contributed by atoms with Gasteiger partial charge in [0.05, 0.1) is 11.6 Å². The van der Waals surface area contributed by atoms with Crippen LogP contribution in [0.25, 0.3) is 16.7 Å². The van der Waals surface area contributed by atoms with E-state index in [1.165, 1.54) is 0 Å². The van der Waals surface area contributed by atoms with Crippen LogP contribution in [0.15, 0.2) is 24.4 Å². The summed E-state index contributed by atoms with van der Waals surface area (Å²) in [5.41, 5.74) is 4.86. The Morgan fingerprint density at radius 3 is 2.45 bits per heavy atom. The van der Waals surface area contributed by atoms with Crippen LogP contribution in [0.4, 0.5) is 27.8 Å². The maximum Gasteiger partial charge on any atom is 0.451 e. The highest BCUT2D eigenvalue weighted by atomic mass is 19.4. The number of nitrogens with two attached hydrogens (primary N) is 1. The van der Waals surface area contributed by atoms with Crippen molar-refractivity contribution in [1.82, 2.24) is 19.7 Å². The number of hydrogen-bond acceptors (Lipinski definition) is 4. The maximum atomic E-state index is 13.8. The second kappa shape index (κ2) is 4.61. The molecule has 0 saturated heterocycles. The minimum atomic E-state index is -4.82. The number of hydrogen-bond donors (Lipinski definition) is 1. The van der Waals surface area contributed by atoms with Crippen LogP contribution in [0.2, 0.25) is 0 Å². The molecule has 0 atom stereocenters. The third-order valence-corrected chi connectivity index (χ3v) is 2.85. The molecule has 3 rings (SSSR count). The van der Waals surface area contributed by atoms with Crippen molar-refractivity contribution >= 4 is 16.9 Å². The van der Waals surface area contributed by atoms with Gasteiger partial charge in [0.2, 0.25) is 5.82 Å². The van der Waals surface area contributed by atoms with Gasteiger partial charge in [0.25, 0.3) is 0 Å². The van der Waals surface area contributed by atoms with Crippen molar-refractivity contribution < 1.29 is 22.0 Å². The first-order chi connectivity index (χ1) is 10.3. The predicted molar refractivity (Wildman–Crippen MR) is 66.0 cm³/mol. The van der Waals surface area contributed by atoms with Gasteiger partial charge in [0.15, 0.2) is 11.5 Å². The van der Waals surface area contributed by atoms with Gasteiger partial charge in [0, 0.05) is 6.07 Å². The lowest BCUT2D eigenvalue weighted by Gasteiger charge is -2.08. The van der Waals surface area contributed by atoms with Gasteiger partial charge in [-0.15, -0.1) is 0 Å². The zero-order valence-corrected chi connectivity index (χ0v) is 10.6. The molecule has 2 N–H and O–H groups in total. The van der Waals surface area contributed by atoms with Gasteiger partial charge in [-0.25, -0.2) is 23.4 Å². The van der Waals surface area contributed by atoms with E-state index in [9.17, 15) is 22.0 Å². The molecular formula is C12H6F5N5. The molecule has 10 heteroatoms. The standard InChI is InChI=1S/C12H6F5N5/c13-5-1-2-8(7(14)3-5)22-10-6(4-19-22)9(18)20-11(21-10)12(15,16)17/h1-4H,(H2,18,20,21). The number of benzene rings is 1. The smallest absolute Gasteiger partial charge is 0.383 e. The molecule has 3 aromatic rings. The minimum Gasteiger partial charge on any atom is -0.383 e. The van der Waals surface area contributed by atoms with Gasteiger partial charge in [-0.2, -0.15) is 18.3 Å². The molecule has 22 heavy (non-hydrogen) atoms. The fourth-order valence-electron chi connectivity index (χ4n) is 1.89. The first-order valence-corrected chi connectivity index (χ1v) is 5.81. The third-order valence-electron chi connectivity index (χ3n) is 2.85. The summed E-state index contributed by atoms with van der Waals surface area (Å²) in [6, 6.07) is 2.56. The predicted octanol–water partition coefficient (Wildman–Crippen LogP) is 2.69. The lowest BCUT2D eigenvalue weighted by atomic mass is 10.3. The van der Waals surface area contributed by atoms with Crippen molar-refractivity contribution in [3.63, 3.8) is 0 Å². The lowest BCUT2D eigenvalue weighted by Crippen LogP contribution is -2.13. The number of rotatable bonds is 1. The Morgan fingerprint density at radius 1 is 1.09 bits per heavy atom. The third kappa shape index (κ3) is 2.22. The molecule has 0 unspecified atom stereocenters. The van der Waals surface area contributed by atoms with Crippen LogP contribution < -0.4 is 5.73 Å². The molecule has 114 valence electrons. The summed E-state index contributed by atoms with van der Waals surface area (Å²) in [6.45, 7) is 0. The summed E-state index contributed by atoms with van der Waals surface area (Å²) >= 11 is 0. The Kier molecular flexibility index (Phi) is 2.97. The quantitative estimate of drug-likeness (QED) is 0.701. The molecule has 2 aromatic heterocycles. The molecule has 0 fully saturated rings. The molecule has 0 amide bonds. The average molecular weight is 315 g/mol. The van der Waals surface area contributed by atoms with Gasteiger partial charge in [-0.05, 0) is 12.1 Å². The molecule has 0 bridgehead atoms. The summed E-state index contributed by atoms with van der Waals surface area (Å²) in [5.74, 6) is -3.74. The fourth-order valence-corrected chi connectivity index (χ4v) is 1.89. The average Bonchev–Trinajstić information content (AvgIpc) is 2.82. The molecule has 0 aliphatic rings. The van der Waals surface area contributed by atoms with Crippen LogP contribution in [0.3, 0.4) is 0 Å². The summed E-state index contributed by atoms with van der Waals surface area (Å²) in [5, 5.41) is 3.77. The van der Waals surface area contributed by atoms with Gasteiger partial charge in [-0.1, -0.05) is 0 Å². The van der Waals surface area contributed by atoms with E-state index in [-0.39, 0.29) is 16.7 Å². The molecule has 0 aliphatic carbocycles. The van der Waals surface area contributed by atoms with Crippen molar-refractivity contribution in [2.75, 3.05) is 5.73 Å². The van der Waals surface area contributed by atoms with Gasteiger partial charge in [-0.3, -0.25) is 0 Å². The number of aromatic nitrogens is 4. The number of halogens is 5. The highest BCUT2D eigenvalue weighted by molar-refractivity contribution is 5.86. The first-order valence-electron chi connectivity index (χ1n) is 5.81. The van der Waals surface area contributed by atoms with E-state index < -0.39 is 29.5 Å². The van der Waals surface area contributed by atoms with E-state index in [1.54, 1.807) is 0 Å². The zero-order valence-electron chi connectivity index (χ0n) is 10.6. The number of nitrogen functional groups attached to an aromatic ring is 1. The first kappa shape index (κ1) is 14.2. The molecule has 1 aromatic carbocycles. The number of fused-ring (bicyclic) bond motifs is 1. The number of anilines is 1. The SMILES string of the molecule is Nc1nc(C(F)(F)F)nc2c1cnn2-c1ccc(F)cc1F. The van der Waals surface area contributed by atoms with Crippen LogP contribution in [0, 0.1) is 11.6 Å². The second-order valence-corrected chi connectivity index (χ2v) is 4.32. The van der Waals surface area contributed by atoms with Crippen molar-refractivity contribution in [2.24, 2.45) is 0 Å². The molecule has 5 nitrogen and oxygen atoms in total. The van der Waals surface area contributed by atoms with E-state index >= 15 is 0 Å². The zero-order chi connectivity index (χ0) is 16.1. The summed E-state index contributed by atoms with van der Waals surface area (Å²) in [4.78, 5) is 6.48. The summed E-state index contributed by atoms with van der Waals surface area (Å²) in [6.07, 6.45) is -3.72. The van der Waals surface area contributed by atoms with Crippen LogP contribution in [-0.2, 0) is 6.18 Å². The molecule has 0 spiro atoms. The molecule has 0 radical (unpaired) electrons. The highest BCUT2D eigenvalue weighted by Crippen LogP contribution is 2.30. The van der Waals surface area contributed by atoms with Gasteiger partial charge in [0.1, 0.15) is 17.3 Å². The Bertz CT molecular complexity index is 870. The molecule has 0 saturated carbocycles. The Labute approximate surface area is 119 Å². The molecule has 0 aliphatic heterocycles. The van der Waals surface area contributed by atoms with Crippen LogP contribution in [-0.4, -0.2) is 19.7 Å². The Morgan fingerprint density at radius 2 is 1.82 bits per heavy atom. The maximum absolute atomic E-state index is 13.8. The van der Waals surface area contributed by atoms with Crippen LogP contribution >= 0.6 is 0 Å². The number of alkyl halides is 3. The van der Waals surface area contributed by atoms with Crippen LogP contribution in [0.1, 0.15) is 5.82 Å². The van der Waals surface area contributed by atoms with E-state index in [4.69, 9.17) is 5.73 Å². The highest BCUT2D eigenvalue weighted by Gasteiger charge is 2.36. The second-order valence-electron chi connectivity index (χ2n) is 4.32. The van der Waals surface area contributed by atoms with Gasteiger partial charge >= 0.3 is 6.18 Å². The van der Waals surface area contributed by atoms with E-state index in [1.807, 2.05) is 0 Å². The summed E-state index contributed by atoms with van der Waals surface area (Å²) in [7, 11) is 0. The van der Waals surface area contributed by atoms with E-state index in [0.717, 1.165) is 23.0 Å². The van der Waals surface area contributed by atoms with Crippen LogP contribution in [0.5, 0.6) is 0 Å². The lowest BCUT2D eigenvalue weighted by molar-refractivity contribution is -0.144. The number of nitrogens with zero attached hydrogens (tertiary/aromatic N) is 4. The topological polar surface area (TPSA) is 69.6 Å². The monoisotopic (exact) mass is 315 g/mol. The van der Waals surface area contributed by atoms with Crippen molar-refractivity contribution in [1.29, 1.82) is 0 Å². The van der Waals surface area contributed by atoms with Gasteiger partial charge < -0.3 is 5.73 Å². The Balaban J connectivity index is 2.29. The van der Waals surface area contributed by atoms with E-state index in [0.29, 0.717) is 6.07 Å². The normalized spacial score (nSPS) is 12.0. The van der Waals surface area contributed by atoms with Crippen molar-refractivity contribution in [3.05, 3.63) is 41.9 Å². The fraction of sp³-hybridized carbons (Fsp3) is 0.0833. The Hall–Kier alpha value is -2.78. The van der Waals surface area contributed by atoms with Crippen molar-refractivity contribution in [3.8, 4) is 5.69 Å².